The van der Waals surface area contributed by atoms with Gasteiger partial charge in [0.1, 0.15) is 0 Å². The predicted molar refractivity (Wildman–Crippen MR) is 89.1 cm³/mol. The van der Waals surface area contributed by atoms with Crippen LogP contribution in [0.1, 0.15) is 25.7 Å². The molecule has 0 fully saturated rings. The van der Waals surface area contributed by atoms with Crippen LogP contribution in [0.4, 0.5) is 11.4 Å². The molecule has 0 aliphatic heterocycles. The maximum absolute atomic E-state index is 8.77. The highest BCUT2D eigenvalue weighted by Crippen LogP contribution is 2.24. The monoisotopic (exact) mass is 282 g/mol. The number of rotatable bonds is 8. The summed E-state index contributed by atoms with van der Waals surface area (Å²) in [5.41, 5.74) is 2.10. The van der Waals surface area contributed by atoms with E-state index < -0.39 is 0 Å². The second-order valence-corrected chi connectivity index (χ2v) is 4.85. The molecule has 0 amide bonds. The number of aliphatic hydroxyl groups excluding tert-OH is 1. The van der Waals surface area contributed by atoms with Crippen molar-refractivity contribution in [2.75, 3.05) is 11.6 Å². The third-order valence-electron chi connectivity index (χ3n) is 3.19. The van der Waals surface area contributed by atoms with Gasteiger partial charge in [-0.15, -0.1) is 0 Å². The van der Waals surface area contributed by atoms with E-state index >= 15 is 0 Å². The third kappa shape index (κ3) is 5.04. The molecule has 2 aromatic carbocycles. The SMILES string of the molecule is OCCCCC/C=N/N(c1ccccc1)c1ccccc1. The first kappa shape index (κ1) is 15.3. The zero-order chi connectivity index (χ0) is 14.8. The third-order valence-corrected chi connectivity index (χ3v) is 3.19. The van der Waals surface area contributed by atoms with Gasteiger partial charge >= 0.3 is 0 Å². The molecule has 0 atom stereocenters. The quantitative estimate of drug-likeness (QED) is 0.443. The van der Waals surface area contributed by atoms with Gasteiger partial charge in [-0.25, -0.2) is 5.01 Å². The Balaban J connectivity index is 2.05. The van der Waals surface area contributed by atoms with Crippen LogP contribution in [0.15, 0.2) is 65.8 Å². The Bertz CT molecular complexity index is 486. The number of hydrogen-bond donors (Lipinski definition) is 1. The Morgan fingerprint density at radius 1 is 0.810 bits per heavy atom. The molecule has 0 aliphatic rings. The molecule has 0 spiro atoms. The first-order valence-electron chi connectivity index (χ1n) is 7.45. The maximum Gasteiger partial charge on any atom is 0.0652 e. The number of unbranched alkanes of at least 4 members (excludes halogenated alkanes) is 3. The molecule has 2 rings (SSSR count). The first-order valence-corrected chi connectivity index (χ1v) is 7.45. The predicted octanol–water partition coefficient (Wildman–Crippen LogP) is 4.36. The second kappa shape index (κ2) is 8.93. The smallest absolute Gasteiger partial charge is 0.0652 e. The number of aliphatic hydroxyl groups is 1. The van der Waals surface area contributed by atoms with Crippen LogP contribution in [0.25, 0.3) is 0 Å². The van der Waals surface area contributed by atoms with Gasteiger partial charge in [-0.1, -0.05) is 42.8 Å². The number of para-hydroxylation sites is 2. The summed E-state index contributed by atoms with van der Waals surface area (Å²) >= 11 is 0. The molecule has 0 aromatic heterocycles. The minimum atomic E-state index is 0.275. The number of nitrogens with zero attached hydrogens (tertiary/aromatic N) is 2. The van der Waals surface area contributed by atoms with Crippen molar-refractivity contribution in [3.05, 3.63) is 60.7 Å². The van der Waals surface area contributed by atoms with Crippen molar-refractivity contribution in [2.45, 2.75) is 25.7 Å². The molecule has 0 unspecified atom stereocenters. The molecule has 0 aliphatic carbocycles. The lowest BCUT2D eigenvalue weighted by molar-refractivity contribution is 0.283. The van der Waals surface area contributed by atoms with Crippen LogP contribution in [0, 0.1) is 0 Å². The Labute approximate surface area is 126 Å². The summed E-state index contributed by atoms with van der Waals surface area (Å²) in [5, 5.41) is 15.3. The molecule has 0 bridgehead atoms. The van der Waals surface area contributed by atoms with Crippen LogP contribution in [-0.4, -0.2) is 17.9 Å². The zero-order valence-electron chi connectivity index (χ0n) is 12.2. The average Bonchev–Trinajstić information content (AvgIpc) is 2.56. The normalized spacial score (nSPS) is 10.9. The maximum atomic E-state index is 8.77. The van der Waals surface area contributed by atoms with Gasteiger partial charge < -0.3 is 5.11 Å². The van der Waals surface area contributed by atoms with Crippen LogP contribution in [0.2, 0.25) is 0 Å². The van der Waals surface area contributed by atoms with Crippen LogP contribution in [-0.2, 0) is 0 Å². The molecule has 0 saturated carbocycles. The minimum absolute atomic E-state index is 0.275. The summed E-state index contributed by atoms with van der Waals surface area (Å²) in [5.74, 6) is 0. The Kier molecular flexibility index (Phi) is 6.49. The van der Waals surface area contributed by atoms with Crippen molar-refractivity contribution in [1.29, 1.82) is 0 Å². The topological polar surface area (TPSA) is 35.8 Å². The van der Waals surface area contributed by atoms with Crippen molar-refractivity contribution in [2.24, 2.45) is 5.10 Å². The van der Waals surface area contributed by atoms with E-state index in [9.17, 15) is 0 Å². The summed E-state index contributed by atoms with van der Waals surface area (Å²) in [6.07, 6.45) is 5.85. The molecule has 0 radical (unpaired) electrons. The standard InChI is InChI=1S/C18H22N2O/c21-16-10-2-1-9-15-19-20(17-11-5-3-6-12-17)18-13-7-4-8-14-18/h3-8,11-15,21H,1-2,9-10,16H2/b19-15+. The molecule has 21 heavy (non-hydrogen) atoms. The van der Waals surface area contributed by atoms with E-state index in [1.807, 2.05) is 47.6 Å². The fourth-order valence-corrected chi connectivity index (χ4v) is 2.08. The van der Waals surface area contributed by atoms with E-state index in [1.165, 1.54) is 0 Å². The van der Waals surface area contributed by atoms with Crippen molar-refractivity contribution >= 4 is 17.6 Å². The highest BCUT2D eigenvalue weighted by Gasteiger charge is 2.05. The molecule has 110 valence electrons. The second-order valence-electron chi connectivity index (χ2n) is 4.85. The number of hydrazone groups is 1. The Morgan fingerprint density at radius 3 is 1.90 bits per heavy atom. The van der Waals surface area contributed by atoms with Gasteiger partial charge in [0, 0.05) is 12.8 Å². The Hall–Kier alpha value is -2.13. The summed E-state index contributed by atoms with van der Waals surface area (Å²) in [4.78, 5) is 0. The fourth-order valence-electron chi connectivity index (χ4n) is 2.08. The van der Waals surface area contributed by atoms with Crippen LogP contribution < -0.4 is 5.01 Å². The van der Waals surface area contributed by atoms with E-state index in [0.29, 0.717) is 0 Å². The van der Waals surface area contributed by atoms with Gasteiger partial charge in [0.05, 0.1) is 11.4 Å². The van der Waals surface area contributed by atoms with Crippen LogP contribution >= 0.6 is 0 Å². The van der Waals surface area contributed by atoms with Gasteiger partial charge in [0.25, 0.3) is 0 Å². The molecule has 1 N–H and O–H groups in total. The molecule has 3 heteroatoms. The van der Waals surface area contributed by atoms with Gasteiger partial charge in [-0.2, -0.15) is 5.10 Å². The van der Waals surface area contributed by atoms with E-state index in [1.54, 1.807) is 0 Å². The van der Waals surface area contributed by atoms with E-state index in [4.69, 9.17) is 5.11 Å². The van der Waals surface area contributed by atoms with Crippen molar-refractivity contribution in [3.63, 3.8) is 0 Å². The Morgan fingerprint density at radius 2 is 1.38 bits per heavy atom. The summed E-state index contributed by atoms with van der Waals surface area (Å²) in [6, 6.07) is 20.3. The highest BCUT2D eigenvalue weighted by molar-refractivity contribution is 5.67. The molecule has 2 aromatic rings. The number of hydrogen-bond acceptors (Lipinski definition) is 3. The largest absolute Gasteiger partial charge is 0.396 e. The van der Waals surface area contributed by atoms with E-state index in [2.05, 4.69) is 29.4 Å². The minimum Gasteiger partial charge on any atom is -0.396 e. The number of benzene rings is 2. The molecular weight excluding hydrogens is 260 g/mol. The molecule has 0 saturated heterocycles. The van der Waals surface area contributed by atoms with E-state index in [-0.39, 0.29) is 6.61 Å². The lowest BCUT2D eigenvalue weighted by Gasteiger charge is -2.19. The summed E-state index contributed by atoms with van der Waals surface area (Å²) in [6.45, 7) is 0.275. The highest BCUT2D eigenvalue weighted by atomic mass is 16.2. The van der Waals surface area contributed by atoms with Gasteiger partial charge in [-0.05, 0) is 43.5 Å². The van der Waals surface area contributed by atoms with Crippen LogP contribution in [0.5, 0.6) is 0 Å². The zero-order valence-corrected chi connectivity index (χ0v) is 12.2. The van der Waals surface area contributed by atoms with Gasteiger partial charge in [0.15, 0.2) is 0 Å². The lowest BCUT2D eigenvalue weighted by atomic mass is 10.2. The lowest BCUT2D eigenvalue weighted by Crippen LogP contribution is -2.08. The number of anilines is 2. The van der Waals surface area contributed by atoms with Crippen molar-refractivity contribution in [1.82, 2.24) is 0 Å². The first-order chi connectivity index (χ1) is 10.4. The molecule has 3 nitrogen and oxygen atoms in total. The molecular formula is C18H22N2O. The molecule has 0 heterocycles. The summed E-state index contributed by atoms with van der Waals surface area (Å²) in [7, 11) is 0. The van der Waals surface area contributed by atoms with Crippen molar-refractivity contribution in [3.8, 4) is 0 Å². The fraction of sp³-hybridized carbons (Fsp3) is 0.278. The van der Waals surface area contributed by atoms with Crippen LogP contribution in [0.3, 0.4) is 0 Å². The van der Waals surface area contributed by atoms with E-state index in [0.717, 1.165) is 37.1 Å². The summed E-state index contributed by atoms with van der Waals surface area (Å²) < 4.78 is 0. The average molecular weight is 282 g/mol. The van der Waals surface area contributed by atoms with Crippen molar-refractivity contribution < 1.29 is 5.11 Å². The van der Waals surface area contributed by atoms with Gasteiger partial charge in [-0.3, -0.25) is 0 Å². The van der Waals surface area contributed by atoms with Gasteiger partial charge in [0.2, 0.25) is 0 Å².